The third kappa shape index (κ3) is 2.77. The Morgan fingerprint density at radius 2 is 1.64 bits per heavy atom. The van der Waals surface area contributed by atoms with Gasteiger partial charge in [0.05, 0.1) is 22.3 Å². The number of ether oxygens (including phenoxy) is 2. The lowest BCUT2D eigenvalue weighted by Gasteiger charge is -2.37. The molecular formula is C18H18Cl2O2. The van der Waals surface area contributed by atoms with Crippen LogP contribution in [0.1, 0.15) is 35.1 Å². The fourth-order valence-electron chi connectivity index (χ4n) is 3.32. The summed E-state index contributed by atoms with van der Waals surface area (Å²) in [5, 5.41) is 1.14. The van der Waals surface area contributed by atoms with Crippen LogP contribution >= 0.6 is 23.2 Å². The van der Waals surface area contributed by atoms with E-state index in [4.69, 9.17) is 32.7 Å². The molecule has 116 valence electrons. The molecule has 0 aliphatic heterocycles. The topological polar surface area (TPSA) is 18.5 Å². The average molecular weight is 337 g/mol. The maximum absolute atomic E-state index is 6.21. The molecular weight excluding hydrogens is 319 g/mol. The summed E-state index contributed by atoms with van der Waals surface area (Å²) in [5.74, 6) is 0.127. The van der Waals surface area contributed by atoms with Crippen LogP contribution in [0.4, 0.5) is 0 Å². The van der Waals surface area contributed by atoms with E-state index in [1.54, 1.807) is 14.2 Å². The first-order chi connectivity index (χ1) is 10.7. The Balaban J connectivity index is 2.12. The number of hydrogen-bond acceptors (Lipinski definition) is 2. The van der Waals surface area contributed by atoms with E-state index in [-0.39, 0.29) is 18.1 Å². The van der Waals surface area contributed by atoms with Gasteiger partial charge in [0.25, 0.3) is 0 Å². The van der Waals surface area contributed by atoms with Gasteiger partial charge >= 0.3 is 0 Å². The summed E-state index contributed by atoms with van der Waals surface area (Å²) >= 11 is 12.3. The summed E-state index contributed by atoms with van der Waals surface area (Å²) in [5.41, 5.74) is 3.56. The highest BCUT2D eigenvalue weighted by molar-refractivity contribution is 6.42. The molecule has 3 rings (SSSR count). The monoisotopic (exact) mass is 336 g/mol. The first-order valence-electron chi connectivity index (χ1n) is 7.25. The van der Waals surface area contributed by atoms with E-state index >= 15 is 0 Å². The van der Waals surface area contributed by atoms with Gasteiger partial charge in [0, 0.05) is 26.6 Å². The van der Waals surface area contributed by atoms with Crippen LogP contribution in [0.15, 0.2) is 42.5 Å². The van der Waals surface area contributed by atoms with E-state index in [1.165, 1.54) is 11.1 Å². The van der Waals surface area contributed by atoms with Crippen molar-refractivity contribution in [3.8, 4) is 0 Å². The van der Waals surface area contributed by atoms with Gasteiger partial charge in [-0.2, -0.15) is 0 Å². The lowest BCUT2D eigenvalue weighted by Crippen LogP contribution is -2.31. The minimum Gasteiger partial charge on any atom is -0.380 e. The largest absolute Gasteiger partial charge is 0.380 e. The zero-order chi connectivity index (χ0) is 15.7. The molecule has 0 unspecified atom stereocenters. The predicted molar refractivity (Wildman–Crippen MR) is 89.9 cm³/mol. The van der Waals surface area contributed by atoms with Crippen LogP contribution in [0.5, 0.6) is 0 Å². The van der Waals surface area contributed by atoms with Crippen LogP contribution < -0.4 is 0 Å². The Bertz CT molecular complexity index is 672. The van der Waals surface area contributed by atoms with Gasteiger partial charge in [-0.1, -0.05) is 53.5 Å². The zero-order valence-corrected chi connectivity index (χ0v) is 14.1. The summed E-state index contributed by atoms with van der Waals surface area (Å²) in [4.78, 5) is 0. The maximum Gasteiger partial charge on any atom is 0.0849 e. The Labute approximate surface area is 141 Å². The molecule has 0 heterocycles. The van der Waals surface area contributed by atoms with Crippen LogP contribution in [0.2, 0.25) is 10.0 Å². The van der Waals surface area contributed by atoms with Crippen molar-refractivity contribution in [2.75, 3.05) is 14.2 Å². The molecule has 0 bridgehead atoms. The van der Waals surface area contributed by atoms with Crippen LogP contribution in [0, 0.1) is 0 Å². The molecule has 0 fully saturated rings. The van der Waals surface area contributed by atoms with Crippen molar-refractivity contribution in [3.05, 3.63) is 69.2 Å². The number of rotatable bonds is 3. The van der Waals surface area contributed by atoms with Gasteiger partial charge < -0.3 is 9.47 Å². The fourth-order valence-corrected chi connectivity index (χ4v) is 3.62. The first-order valence-corrected chi connectivity index (χ1v) is 8.00. The molecule has 2 nitrogen and oxygen atoms in total. The lowest BCUT2D eigenvalue weighted by atomic mass is 9.75. The summed E-state index contributed by atoms with van der Waals surface area (Å²) in [6.45, 7) is 0. The summed E-state index contributed by atoms with van der Waals surface area (Å²) in [6.07, 6.45) is 0.909. The summed E-state index contributed by atoms with van der Waals surface area (Å²) in [6, 6.07) is 14.2. The molecule has 0 N–H and O–H groups in total. The Hall–Kier alpha value is -1.06. The van der Waals surface area contributed by atoms with Gasteiger partial charge in [0.15, 0.2) is 0 Å². The van der Waals surface area contributed by atoms with Crippen molar-refractivity contribution < 1.29 is 9.47 Å². The number of benzene rings is 2. The first kappa shape index (κ1) is 15.8. The molecule has 1 aliphatic carbocycles. The highest BCUT2D eigenvalue weighted by Gasteiger charge is 2.36. The molecule has 22 heavy (non-hydrogen) atoms. The van der Waals surface area contributed by atoms with E-state index in [0.717, 1.165) is 12.0 Å². The average Bonchev–Trinajstić information content (AvgIpc) is 2.56. The zero-order valence-electron chi connectivity index (χ0n) is 12.6. The van der Waals surface area contributed by atoms with Crippen molar-refractivity contribution in [1.29, 1.82) is 0 Å². The minimum atomic E-state index is 0.0390. The van der Waals surface area contributed by atoms with E-state index in [2.05, 4.69) is 12.1 Å². The van der Waals surface area contributed by atoms with E-state index < -0.39 is 0 Å². The SMILES string of the molecule is CO[C@H]1C[C@@H](OC)[C@@H](c2ccc(Cl)c(Cl)c2)c2ccccc21. The van der Waals surface area contributed by atoms with Crippen LogP contribution in [0.3, 0.4) is 0 Å². The molecule has 0 aromatic heterocycles. The molecule has 0 spiro atoms. The molecule has 0 saturated carbocycles. The molecule has 0 amide bonds. The Morgan fingerprint density at radius 1 is 0.909 bits per heavy atom. The highest BCUT2D eigenvalue weighted by atomic mass is 35.5. The smallest absolute Gasteiger partial charge is 0.0849 e. The van der Waals surface area contributed by atoms with Gasteiger partial charge in [-0.25, -0.2) is 0 Å². The molecule has 2 aromatic carbocycles. The molecule has 0 radical (unpaired) electrons. The third-order valence-corrected chi connectivity index (χ3v) is 5.13. The molecule has 4 heteroatoms. The minimum absolute atomic E-state index is 0.0390. The Morgan fingerprint density at radius 3 is 2.27 bits per heavy atom. The maximum atomic E-state index is 6.21. The van der Waals surface area contributed by atoms with E-state index in [1.807, 2.05) is 30.3 Å². The Kier molecular flexibility index (Phi) is 4.74. The summed E-state index contributed by atoms with van der Waals surface area (Å²) < 4.78 is 11.4. The quantitative estimate of drug-likeness (QED) is 0.763. The standard InChI is InChI=1S/C18H18Cl2O2/c1-21-16-10-17(22-2)18(13-6-4-3-5-12(13)16)11-7-8-14(19)15(20)9-11/h3-9,16-18H,10H2,1-2H3/t16-,17+,18-/m0/s1. The van der Waals surface area contributed by atoms with Crippen molar-refractivity contribution in [1.82, 2.24) is 0 Å². The van der Waals surface area contributed by atoms with Crippen molar-refractivity contribution in [2.45, 2.75) is 24.5 Å². The molecule has 3 atom stereocenters. The molecule has 0 saturated heterocycles. The van der Waals surface area contributed by atoms with Crippen LogP contribution in [-0.2, 0) is 9.47 Å². The van der Waals surface area contributed by atoms with Crippen molar-refractivity contribution in [2.24, 2.45) is 0 Å². The van der Waals surface area contributed by atoms with Gasteiger partial charge in [0.1, 0.15) is 0 Å². The van der Waals surface area contributed by atoms with Gasteiger partial charge in [-0.3, -0.25) is 0 Å². The second kappa shape index (κ2) is 6.59. The van der Waals surface area contributed by atoms with Crippen molar-refractivity contribution >= 4 is 23.2 Å². The second-order valence-electron chi connectivity index (χ2n) is 5.51. The third-order valence-electron chi connectivity index (χ3n) is 4.39. The predicted octanol–water partition coefficient (Wildman–Crippen LogP) is 5.23. The highest BCUT2D eigenvalue weighted by Crippen LogP contribution is 2.44. The molecule has 1 aliphatic rings. The van der Waals surface area contributed by atoms with Crippen LogP contribution in [0.25, 0.3) is 0 Å². The lowest BCUT2D eigenvalue weighted by molar-refractivity contribution is 0.00317. The number of fused-ring (bicyclic) bond motifs is 1. The van der Waals surface area contributed by atoms with E-state index in [0.29, 0.717) is 10.0 Å². The van der Waals surface area contributed by atoms with Crippen LogP contribution in [-0.4, -0.2) is 20.3 Å². The fraction of sp³-hybridized carbons (Fsp3) is 0.333. The van der Waals surface area contributed by atoms with E-state index in [9.17, 15) is 0 Å². The van der Waals surface area contributed by atoms with Crippen molar-refractivity contribution in [3.63, 3.8) is 0 Å². The van der Waals surface area contributed by atoms with Gasteiger partial charge in [-0.05, 0) is 28.8 Å². The van der Waals surface area contributed by atoms with Gasteiger partial charge in [-0.15, -0.1) is 0 Å². The van der Waals surface area contributed by atoms with Gasteiger partial charge in [0.2, 0.25) is 0 Å². The molecule has 2 aromatic rings. The summed E-state index contributed by atoms with van der Waals surface area (Å²) in [7, 11) is 3.49. The number of hydrogen-bond donors (Lipinski definition) is 0. The second-order valence-corrected chi connectivity index (χ2v) is 6.33. The number of methoxy groups -OCH3 is 2. The normalized spacial score (nSPS) is 24.1. The number of halogens is 2.